The van der Waals surface area contributed by atoms with Gasteiger partial charge >= 0.3 is 0 Å². The molecule has 0 aliphatic heterocycles. The number of rotatable bonds is 5. The third kappa shape index (κ3) is 3.34. The highest BCUT2D eigenvalue weighted by Crippen LogP contribution is 2.31. The predicted octanol–water partition coefficient (Wildman–Crippen LogP) is 3.32. The maximum Gasteiger partial charge on any atom is 0.137 e. The molecule has 21 heavy (non-hydrogen) atoms. The Bertz CT molecular complexity index is 631. The van der Waals surface area contributed by atoms with E-state index in [1.165, 1.54) is 0 Å². The Morgan fingerprint density at radius 1 is 1.29 bits per heavy atom. The van der Waals surface area contributed by atoms with Gasteiger partial charge in [-0.15, -0.1) is 0 Å². The number of methoxy groups -OCH3 is 1. The van der Waals surface area contributed by atoms with Crippen molar-refractivity contribution < 1.29 is 4.74 Å². The lowest BCUT2D eigenvalue weighted by molar-refractivity contribution is 0.414. The number of hydrogen-bond acceptors (Lipinski definition) is 4. The van der Waals surface area contributed by atoms with E-state index >= 15 is 0 Å². The molecule has 5 heteroatoms. The zero-order chi connectivity index (χ0) is 15.4. The van der Waals surface area contributed by atoms with E-state index in [0.29, 0.717) is 10.8 Å². The van der Waals surface area contributed by atoms with Crippen LogP contribution in [0.1, 0.15) is 35.5 Å². The molecular formula is C16H20ClN3O. The quantitative estimate of drug-likeness (QED) is 0.920. The third-order valence-electron chi connectivity index (χ3n) is 3.47. The Hall–Kier alpha value is -1.65. The van der Waals surface area contributed by atoms with Crippen molar-refractivity contribution in [1.29, 1.82) is 0 Å². The molecule has 0 radical (unpaired) electrons. The van der Waals surface area contributed by atoms with Crippen molar-refractivity contribution >= 4 is 11.6 Å². The summed E-state index contributed by atoms with van der Waals surface area (Å²) in [5.41, 5.74) is 4.12. The monoisotopic (exact) mass is 305 g/mol. The smallest absolute Gasteiger partial charge is 0.137 e. The number of benzene rings is 1. The lowest BCUT2D eigenvalue weighted by Gasteiger charge is -2.20. The second-order valence-electron chi connectivity index (χ2n) is 4.86. The summed E-state index contributed by atoms with van der Waals surface area (Å²) in [6, 6.07) is 7.92. The minimum Gasteiger partial charge on any atom is -0.495 e. The van der Waals surface area contributed by atoms with E-state index in [2.05, 4.69) is 28.5 Å². The number of ether oxygens (including phenoxy) is 1. The first-order chi connectivity index (χ1) is 10.1. The highest BCUT2D eigenvalue weighted by molar-refractivity contribution is 6.32. The minimum atomic E-state index is 0.0281. The lowest BCUT2D eigenvalue weighted by atomic mass is 9.96. The maximum atomic E-state index is 6.11. The van der Waals surface area contributed by atoms with Crippen LogP contribution in [0.2, 0.25) is 5.02 Å². The zero-order valence-electron chi connectivity index (χ0n) is 12.8. The summed E-state index contributed by atoms with van der Waals surface area (Å²) < 4.78 is 5.31. The summed E-state index contributed by atoms with van der Waals surface area (Å²) in [5.74, 6) is 0.672. The van der Waals surface area contributed by atoms with Crippen molar-refractivity contribution in [1.82, 2.24) is 15.5 Å². The van der Waals surface area contributed by atoms with Crippen LogP contribution in [0.4, 0.5) is 0 Å². The molecule has 2 rings (SSSR count). The standard InChI is InChI=1S/C16H20ClN3O/c1-5-14-12(8-10(2)19-20-14)16(18-3)11-6-7-13(17)15(9-11)21-4/h6-9,16,18H,5H2,1-4H3. The van der Waals surface area contributed by atoms with E-state index in [-0.39, 0.29) is 6.04 Å². The molecule has 1 heterocycles. The summed E-state index contributed by atoms with van der Waals surface area (Å²) in [4.78, 5) is 0. The van der Waals surface area contributed by atoms with Crippen LogP contribution < -0.4 is 10.1 Å². The van der Waals surface area contributed by atoms with Gasteiger partial charge in [0.15, 0.2) is 0 Å². The van der Waals surface area contributed by atoms with Gasteiger partial charge in [0.05, 0.1) is 29.6 Å². The average molecular weight is 306 g/mol. The molecule has 0 saturated carbocycles. The van der Waals surface area contributed by atoms with Crippen LogP contribution in [-0.2, 0) is 6.42 Å². The molecule has 0 aliphatic carbocycles. The molecule has 112 valence electrons. The molecule has 0 saturated heterocycles. The number of aryl methyl sites for hydroxylation is 2. The summed E-state index contributed by atoms with van der Waals surface area (Å²) in [6.45, 7) is 4.03. The number of aromatic nitrogens is 2. The van der Waals surface area contributed by atoms with Crippen molar-refractivity contribution in [3.8, 4) is 5.75 Å². The maximum absolute atomic E-state index is 6.11. The molecule has 4 nitrogen and oxygen atoms in total. The van der Waals surface area contributed by atoms with E-state index in [1.54, 1.807) is 7.11 Å². The van der Waals surface area contributed by atoms with Crippen molar-refractivity contribution in [2.75, 3.05) is 14.2 Å². The summed E-state index contributed by atoms with van der Waals surface area (Å²) >= 11 is 6.11. The number of nitrogens with one attached hydrogen (secondary N) is 1. The topological polar surface area (TPSA) is 47.0 Å². The van der Waals surface area contributed by atoms with E-state index in [4.69, 9.17) is 16.3 Å². The molecule has 0 fully saturated rings. The Morgan fingerprint density at radius 2 is 2.05 bits per heavy atom. The van der Waals surface area contributed by atoms with Gasteiger partial charge in [-0.25, -0.2) is 0 Å². The molecule has 1 N–H and O–H groups in total. The SMILES string of the molecule is CCc1nnc(C)cc1C(NC)c1ccc(Cl)c(OC)c1. The van der Waals surface area contributed by atoms with Crippen LogP contribution in [0, 0.1) is 6.92 Å². The first-order valence-corrected chi connectivity index (χ1v) is 7.32. The molecule has 1 aromatic carbocycles. The first kappa shape index (κ1) is 15.7. The van der Waals surface area contributed by atoms with Gasteiger partial charge in [-0.3, -0.25) is 0 Å². The highest BCUT2D eigenvalue weighted by Gasteiger charge is 2.18. The molecule has 0 bridgehead atoms. The minimum absolute atomic E-state index is 0.0281. The van der Waals surface area contributed by atoms with Crippen LogP contribution in [0.15, 0.2) is 24.3 Å². The van der Waals surface area contributed by atoms with E-state index < -0.39 is 0 Å². The van der Waals surface area contributed by atoms with Crippen LogP contribution in [-0.4, -0.2) is 24.4 Å². The number of nitrogens with zero attached hydrogens (tertiary/aromatic N) is 2. The zero-order valence-corrected chi connectivity index (χ0v) is 13.5. The summed E-state index contributed by atoms with van der Waals surface area (Å²) in [5, 5.41) is 12.4. The van der Waals surface area contributed by atoms with Crippen molar-refractivity contribution in [3.05, 3.63) is 51.8 Å². The Balaban J connectivity index is 2.51. The van der Waals surface area contributed by atoms with Crippen LogP contribution in [0.3, 0.4) is 0 Å². The fourth-order valence-corrected chi connectivity index (χ4v) is 2.61. The van der Waals surface area contributed by atoms with Gasteiger partial charge < -0.3 is 10.1 Å². The second kappa shape index (κ2) is 6.87. The van der Waals surface area contributed by atoms with Crippen molar-refractivity contribution in [2.24, 2.45) is 0 Å². The number of hydrogen-bond donors (Lipinski definition) is 1. The van der Waals surface area contributed by atoms with Crippen LogP contribution >= 0.6 is 11.6 Å². The van der Waals surface area contributed by atoms with Gasteiger partial charge in [0.2, 0.25) is 0 Å². The Kier molecular flexibility index (Phi) is 5.15. The fourth-order valence-electron chi connectivity index (χ4n) is 2.42. The first-order valence-electron chi connectivity index (χ1n) is 6.94. The van der Waals surface area contributed by atoms with Crippen molar-refractivity contribution in [3.63, 3.8) is 0 Å². The lowest BCUT2D eigenvalue weighted by Crippen LogP contribution is -2.20. The van der Waals surface area contributed by atoms with E-state index in [9.17, 15) is 0 Å². The van der Waals surface area contributed by atoms with Crippen LogP contribution in [0.25, 0.3) is 0 Å². The van der Waals surface area contributed by atoms with Gasteiger partial charge in [0, 0.05) is 0 Å². The van der Waals surface area contributed by atoms with Gasteiger partial charge in [-0.1, -0.05) is 24.6 Å². The average Bonchev–Trinajstić information content (AvgIpc) is 2.50. The molecule has 1 aromatic heterocycles. The Labute approximate surface area is 130 Å². The molecule has 1 unspecified atom stereocenters. The Morgan fingerprint density at radius 3 is 2.67 bits per heavy atom. The third-order valence-corrected chi connectivity index (χ3v) is 3.78. The van der Waals surface area contributed by atoms with Crippen molar-refractivity contribution in [2.45, 2.75) is 26.3 Å². The van der Waals surface area contributed by atoms with E-state index in [0.717, 1.165) is 28.9 Å². The van der Waals surface area contributed by atoms with Crippen LogP contribution in [0.5, 0.6) is 5.75 Å². The van der Waals surface area contributed by atoms with Gasteiger partial charge in [0.1, 0.15) is 5.75 Å². The van der Waals surface area contributed by atoms with Gasteiger partial charge in [-0.2, -0.15) is 10.2 Å². The molecule has 2 aromatic rings. The van der Waals surface area contributed by atoms with Gasteiger partial charge in [0.25, 0.3) is 0 Å². The highest BCUT2D eigenvalue weighted by atomic mass is 35.5. The largest absolute Gasteiger partial charge is 0.495 e. The van der Waals surface area contributed by atoms with E-state index in [1.807, 2.05) is 32.2 Å². The predicted molar refractivity (Wildman–Crippen MR) is 85.1 cm³/mol. The van der Waals surface area contributed by atoms with Gasteiger partial charge in [-0.05, 0) is 49.7 Å². The molecular weight excluding hydrogens is 286 g/mol. The number of halogens is 1. The molecule has 0 amide bonds. The fraction of sp³-hybridized carbons (Fsp3) is 0.375. The molecule has 1 atom stereocenters. The summed E-state index contributed by atoms with van der Waals surface area (Å²) in [7, 11) is 3.55. The molecule has 0 spiro atoms. The normalized spacial score (nSPS) is 12.2. The molecule has 0 aliphatic rings. The summed E-state index contributed by atoms with van der Waals surface area (Å²) in [6.07, 6.45) is 0.839. The second-order valence-corrected chi connectivity index (χ2v) is 5.26.